The molecule has 2 aromatic carbocycles. The summed E-state index contributed by atoms with van der Waals surface area (Å²) in [6, 6.07) is 17.2. The molecule has 2 N–H and O–H groups in total. The van der Waals surface area contributed by atoms with Crippen LogP contribution >= 0.6 is 0 Å². The van der Waals surface area contributed by atoms with Gasteiger partial charge in [-0.15, -0.1) is 0 Å². The zero-order valence-electron chi connectivity index (χ0n) is 17.2. The van der Waals surface area contributed by atoms with Crippen molar-refractivity contribution in [1.82, 2.24) is 10.3 Å². The fraction of sp³-hybridized carbons (Fsp3) is 0.125. The number of furan rings is 1. The van der Waals surface area contributed by atoms with Crippen LogP contribution < -0.4 is 14.8 Å². The first-order valence-corrected chi connectivity index (χ1v) is 9.78. The molecule has 32 heavy (non-hydrogen) atoms. The van der Waals surface area contributed by atoms with E-state index in [1.54, 1.807) is 54.6 Å². The molecule has 0 spiro atoms. The Labute approximate surface area is 183 Å². The summed E-state index contributed by atoms with van der Waals surface area (Å²) in [5.41, 5.74) is 1.89. The van der Waals surface area contributed by atoms with Gasteiger partial charge in [-0.3, -0.25) is 4.79 Å². The zero-order chi connectivity index (χ0) is 22.5. The lowest BCUT2D eigenvalue weighted by Crippen LogP contribution is -2.28. The van der Waals surface area contributed by atoms with E-state index in [2.05, 4.69) is 10.3 Å². The van der Waals surface area contributed by atoms with Gasteiger partial charge >= 0.3 is 5.97 Å². The Hall–Kier alpha value is -4.33. The Bertz CT molecular complexity index is 1270. The summed E-state index contributed by atoms with van der Waals surface area (Å²) < 4.78 is 16.2. The van der Waals surface area contributed by atoms with Crippen LogP contribution in [0.3, 0.4) is 0 Å². The topological polar surface area (TPSA) is 111 Å². The van der Waals surface area contributed by atoms with Crippen molar-refractivity contribution >= 4 is 22.8 Å². The van der Waals surface area contributed by atoms with Gasteiger partial charge in [0.15, 0.2) is 18.1 Å². The maximum atomic E-state index is 12.0. The number of para-hydroxylation sites is 1. The third-order valence-corrected chi connectivity index (χ3v) is 4.80. The summed E-state index contributed by atoms with van der Waals surface area (Å²) in [4.78, 5) is 28.4. The zero-order valence-corrected chi connectivity index (χ0v) is 17.2. The number of fused-ring (bicyclic) bond motifs is 1. The lowest BCUT2D eigenvalue weighted by atomic mass is 10.0. The maximum absolute atomic E-state index is 12.0. The molecule has 0 fully saturated rings. The number of carbonyl (C=O) groups is 2. The number of hydrogen-bond acceptors (Lipinski definition) is 6. The molecule has 1 amide bonds. The first-order chi connectivity index (χ1) is 15.5. The van der Waals surface area contributed by atoms with Crippen LogP contribution in [-0.4, -0.2) is 35.7 Å². The molecule has 8 nitrogen and oxygen atoms in total. The second-order valence-electron chi connectivity index (χ2n) is 6.89. The van der Waals surface area contributed by atoms with E-state index in [1.165, 1.54) is 19.4 Å². The number of hydrogen-bond donors (Lipinski definition) is 2. The van der Waals surface area contributed by atoms with Gasteiger partial charge in [0.1, 0.15) is 5.76 Å². The number of carbonyl (C=O) groups excluding carboxylic acids is 1. The number of carboxylic acids is 1. The molecule has 0 bridgehead atoms. The maximum Gasteiger partial charge on any atom is 0.336 e. The number of aromatic nitrogens is 1. The largest absolute Gasteiger partial charge is 0.493 e. The molecular weight excluding hydrogens is 412 g/mol. The van der Waals surface area contributed by atoms with Crippen LogP contribution in [0.15, 0.2) is 71.3 Å². The van der Waals surface area contributed by atoms with Crippen molar-refractivity contribution in [3.63, 3.8) is 0 Å². The minimum atomic E-state index is -1.03. The molecule has 0 aliphatic rings. The minimum absolute atomic E-state index is 0.165. The van der Waals surface area contributed by atoms with E-state index in [0.29, 0.717) is 39.4 Å². The number of nitrogens with one attached hydrogen (secondary N) is 1. The first kappa shape index (κ1) is 20.9. The van der Waals surface area contributed by atoms with Gasteiger partial charge in [-0.1, -0.05) is 18.2 Å². The van der Waals surface area contributed by atoms with Gasteiger partial charge in [0.05, 0.1) is 36.7 Å². The number of benzene rings is 2. The number of amides is 1. The van der Waals surface area contributed by atoms with Crippen molar-refractivity contribution in [1.29, 1.82) is 0 Å². The number of carboxylic acid groups (broad SMARTS) is 1. The summed E-state index contributed by atoms with van der Waals surface area (Å²) in [5.74, 6) is 0.0767. The number of pyridine rings is 1. The standard InChI is InChI=1S/C24H20N2O6/c1-30-22-11-15(20-12-18(24(28)29)17-6-2-3-7-19(17)26-20)8-9-21(22)32-14-23(27)25-13-16-5-4-10-31-16/h2-12H,13-14H2,1H3,(H,25,27)(H,28,29). The van der Waals surface area contributed by atoms with E-state index in [-0.39, 0.29) is 24.6 Å². The lowest BCUT2D eigenvalue weighted by molar-refractivity contribution is -0.123. The van der Waals surface area contributed by atoms with E-state index >= 15 is 0 Å². The third kappa shape index (κ3) is 4.54. The highest BCUT2D eigenvalue weighted by Crippen LogP contribution is 2.33. The van der Waals surface area contributed by atoms with Gasteiger partial charge in [0.25, 0.3) is 5.91 Å². The summed E-state index contributed by atoms with van der Waals surface area (Å²) in [5, 5.41) is 12.9. The van der Waals surface area contributed by atoms with Crippen molar-refractivity contribution in [3.05, 3.63) is 78.3 Å². The highest BCUT2D eigenvalue weighted by molar-refractivity contribution is 6.03. The molecule has 0 saturated heterocycles. The molecular formula is C24H20N2O6. The van der Waals surface area contributed by atoms with Gasteiger partial charge in [0, 0.05) is 10.9 Å². The van der Waals surface area contributed by atoms with Gasteiger partial charge in [0.2, 0.25) is 0 Å². The van der Waals surface area contributed by atoms with E-state index < -0.39 is 5.97 Å². The number of aromatic carboxylic acids is 1. The Morgan fingerprint density at radius 3 is 2.66 bits per heavy atom. The smallest absolute Gasteiger partial charge is 0.336 e. The molecule has 0 saturated carbocycles. The fourth-order valence-electron chi connectivity index (χ4n) is 3.24. The summed E-state index contributed by atoms with van der Waals surface area (Å²) >= 11 is 0. The molecule has 162 valence electrons. The predicted octanol–water partition coefficient (Wildman–Crippen LogP) is 3.90. The fourth-order valence-corrected chi connectivity index (χ4v) is 3.24. The summed E-state index contributed by atoms with van der Waals surface area (Å²) in [7, 11) is 1.49. The molecule has 0 aliphatic heterocycles. The number of rotatable bonds is 8. The van der Waals surface area contributed by atoms with E-state index in [1.807, 2.05) is 0 Å². The van der Waals surface area contributed by atoms with Crippen molar-refractivity contribution in [3.8, 4) is 22.8 Å². The van der Waals surface area contributed by atoms with Crippen molar-refractivity contribution < 1.29 is 28.6 Å². The van der Waals surface area contributed by atoms with Gasteiger partial charge < -0.3 is 24.3 Å². The highest BCUT2D eigenvalue weighted by Gasteiger charge is 2.15. The SMILES string of the molecule is COc1cc(-c2cc(C(=O)O)c3ccccc3n2)ccc1OCC(=O)NCc1ccco1. The van der Waals surface area contributed by atoms with E-state index in [4.69, 9.17) is 13.9 Å². The Kier molecular flexibility index (Phi) is 6.03. The highest BCUT2D eigenvalue weighted by atomic mass is 16.5. The number of nitrogens with zero attached hydrogens (tertiary/aromatic N) is 1. The van der Waals surface area contributed by atoms with Crippen LogP contribution in [0.1, 0.15) is 16.1 Å². The minimum Gasteiger partial charge on any atom is -0.493 e. The Balaban J connectivity index is 1.53. The van der Waals surface area contributed by atoms with Crippen molar-refractivity contribution in [2.45, 2.75) is 6.54 Å². The molecule has 0 atom stereocenters. The van der Waals surface area contributed by atoms with Crippen LogP contribution in [0.5, 0.6) is 11.5 Å². The van der Waals surface area contributed by atoms with Crippen LogP contribution in [0, 0.1) is 0 Å². The second-order valence-corrected chi connectivity index (χ2v) is 6.89. The normalized spacial score (nSPS) is 10.7. The quantitative estimate of drug-likeness (QED) is 0.434. The number of methoxy groups -OCH3 is 1. The lowest BCUT2D eigenvalue weighted by Gasteiger charge is -2.13. The van der Waals surface area contributed by atoms with E-state index in [9.17, 15) is 14.7 Å². The Morgan fingerprint density at radius 1 is 1.06 bits per heavy atom. The van der Waals surface area contributed by atoms with Crippen LogP contribution in [-0.2, 0) is 11.3 Å². The van der Waals surface area contributed by atoms with Gasteiger partial charge in [-0.25, -0.2) is 9.78 Å². The second kappa shape index (κ2) is 9.22. The average molecular weight is 432 g/mol. The molecule has 0 radical (unpaired) electrons. The molecule has 0 unspecified atom stereocenters. The van der Waals surface area contributed by atoms with Gasteiger partial charge in [-0.05, 0) is 42.5 Å². The molecule has 4 rings (SSSR count). The molecule has 2 aromatic heterocycles. The van der Waals surface area contributed by atoms with Crippen LogP contribution in [0.2, 0.25) is 0 Å². The third-order valence-electron chi connectivity index (χ3n) is 4.80. The molecule has 0 aliphatic carbocycles. The summed E-state index contributed by atoms with van der Waals surface area (Å²) in [6.45, 7) is 0.0681. The molecule has 2 heterocycles. The molecule has 8 heteroatoms. The number of ether oxygens (including phenoxy) is 2. The first-order valence-electron chi connectivity index (χ1n) is 9.78. The van der Waals surface area contributed by atoms with E-state index in [0.717, 1.165) is 0 Å². The summed E-state index contributed by atoms with van der Waals surface area (Å²) in [6.07, 6.45) is 1.54. The predicted molar refractivity (Wildman–Crippen MR) is 117 cm³/mol. The van der Waals surface area contributed by atoms with Crippen LogP contribution in [0.25, 0.3) is 22.2 Å². The molecule has 4 aromatic rings. The Morgan fingerprint density at radius 2 is 1.91 bits per heavy atom. The monoisotopic (exact) mass is 432 g/mol. The average Bonchev–Trinajstić information content (AvgIpc) is 3.34. The van der Waals surface area contributed by atoms with Crippen molar-refractivity contribution in [2.24, 2.45) is 0 Å². The van der Waals surface area contributed by atoms with Crippen LogP contribution in [0.4, 0.5) is 0 Å². The van der Waals surface area contributed by atoms with Gasteiger partial charge in [-0.2, -0.15) is 0 Å². The van der Waals surface area contributed by atoms with Crippen molar-refractivity contribution in [2.75, 3.05) is 13.7 Å².